The van der Waals surface area contributed by atoms with E-state index in [9.17, 15) is 18.2 Å². The fourth-order valence-corrected chi connectivity index (χ4v) is 16.2. The fraction of sp³-hybridized carbons (Fsp3) is 1.00. The third kappa shape index (κ3) is 3.57. The SMILES string of the molecule is CC(C)P([O-])([O-])=S(S(C)=O)S(C)=O. The largest absolute Gasteiger partial charge is 0.835 e. The van der Waals surface area contributed by atoms with Gasteiger partial charge in [0.25, 0.3) is 0 Å². The van der Waals surface area contributed by atoms with Crippen molar-refractivity contribution < 1.29 is 18.2 Å². The highest BCUT2D eigenvalue weighted by atomic mass is 33.6. The zero-order valence-electron chi connectivity index (χ0n) is 7.88. The normalized spacial score (nSPS) is 19.9. The Balaban J connectivity index is 5.59. The molecule has 2 atom stereocenters. The Hall–Kier alpha value is 1.000. The van der Waals surface area contributed by atoms with Crippen molar-refractivity contribution >= 4 is 34.3 Å². The number of hydrogen-bond donors (Lipinski definition) is 0. The van der Waals surface area contributed by atoms with E-state index < -0.39 is 40.0 Å². The first kappa shape index (κ1) is 14.0. The van der Waals surface area contributed by atoms with Crippen molar-refractivity contribution in [3.63, 3.8) is 0 Å². The van der Waals surface area contributed by atoms with E-state index in [1.807, 2.05) is 0 Å². The van der Waals surface area contributed by atoms with Gasteiger partial charge in [0, 0.05) is 12.5 Å². The van der Waals surface area contributed by atoms with Crippen molar-refractivity contribution in [2.24, 2.45) is 0 Å². The lowest BCUT2D eigenvalue weighted by molar-refractivity contribution is -0.297. The summed E-state index contributed by atoms with van der Waals surface area (Å²) in [4.78, 5) is 23.1. The van der Waals surface area contributed by atoms with E-state index in [-0.39, 0.29) is 0 Å². The standard InChI is InChI=1S/C5H13O4PS3/c1-5(2)10(6,7)13(11(3)8)12(4)9/h5H,1-4H3/q-2. The molecule has 0 aromatic heterocycles. The number of rotatable bonds is 3. The van der Waals surface area contributed by atoms with Gasteiger partial charge in [-0.3, -0.25) is 0 Å². The van der Waals surface area contributed by atoms with Gasteiger partial charge in [-0.25, -0.2) is 14.9 Å². The van der Waals surface area contributed by atoms with Crippen molar-refractivity contribution in [3.8, 4) is 0 Å². The predicted molar refractivity (Wildman–Crippen MR) is 57.6 cm³/mol. The van der Waals surface area contributed by atoms with E-state index in [4.69, 9.17) is 0 Å². The van der Waals surface area contributed by atoms with Crippen LogP contribution in [0.1, 0.15) is 13.8 Å². The molecule has 0 saturated carbocycles. The quantitative estimate of drug-likeness (QED) is 0.488. The zero-order valence-corrected chi connectivity index (χ0v) is 11.2. The Kier molecular flexibility index (Phi) is 5.58. The van der Waals surface area contributed by atoms with E-state index in [0.29, 0.717) is 0 Å². The first-order valence-corrected chi connectivity index (χ1v) is 11.1. The van der Waals surface area contributed by atoms with Gasteiger partial charge in [0.1, 0.15) is 0 Å². The Morgan fingerprint density at radius 3 is 1.46 bits per heavy atom. The first-order valence-electron chi connectivity index (χ1n) is 3.44. The maximum atomic E-state index is 11.6. The summed E-state index contributed by atoms with van der Waals surface area (Å²) in [5, 5.41) is 0. The van der Waals surface area contributed by atoms with Crippen LogP contribution in [-0.2, 0) is 27.8 Å². The molecular weight excluding hydrogens is 251 g/mol. The summed E-state index contributed by atoms with van der Waals surface area (Å²) in [5.74, 6) is 0. The van der Waals surface area contributed by atoms with Crippen molar-refractivity contribution in [2.75, 3.05) is 12.5 Å². The van der Waals surface area contributed by atoms with E-state index >= 15 is 0 Å². The van der Waals surface area contributed by atoms with Gasteiger partial charge in [-0.1, -0.05) is 13.8 Å². The Morgan fingerprint density at radius 1 is 1.08 bits per heavy atom. The topological polar surface area (TPSA) is 80.3 Å². The second kappa shape index (κ2) is 5.19. The van der Waals surface area contributed by atoms with Crippen molar-refractivity contribution in [1.29, 1.82) is 0 Å². The lowest BCUT2D eigenvalue weighted by Crippen LogP contribution is -2.28. The van der Waals surface area contributed by atoms with Crippen LogP contribution in [0.25, 0.3) is 0 Å². The molecule has 0 spiro atoms. The molecule has 8 heteroatoms. The van der Waals surface area contributed by atoms with Crippen LogP contribution >= 0.6 is 6.49 Å². The molecule has 0 aliphatic carbocycles. The second-order valence-corrected chi connectivity index (χ2v) is 16.4. The van der Waals surface area contributed by atoms with E-state index in [2.05, 4.69) is 0 Å². The zero-order chi connectivity index (χ0) is 10.8. The maximum Gasteiger partial charge on any atom is 0.0807 e. The van der Waals surface area contributed by atoms with Gasteiger partial charge in [-0.15, -0.1) is 0 Å². The molecule has 0 amide bonds. The van der Waals surface area contributed by atoms with Gasteiger partial charge >= 0.3 is 0 Å². The van der Waals surface area contributed by atoms with Crippen molar-refractivity contribution in [2.45, 2.75) is 19.5 Å². The van der Waals surface area contributed by atoms with Gasteiger partial charge in [0.2, 0.25) is 0 Å². The summed E-state index contributed by atoms with van der Waals surface area (Å²) in [7, 11) is -4.67. The highest BCUT2D eigenvalue weighted by Crippen LogP contribution is 2.40. The highest BCUT2D eigenvalue weighted by Gasteiger charge is 2.10. The Bertz CT molecular complexity index is 276. The fourth-order valence-electron chi connectivity index (χ4n) is 0.600. The summed E-state index contributed by atoms with van der Waals surface area (Å²) >= 11 is 0. The molecule has 2 unspecified atom stereocenters. The summed E-state index contributed by atoms with van der Waals surface area (Å²) in [5.41, 5.74) is -0.608. The summed E-state index contributed by atoms with van der Waals surface area (Å²) in [6.45, 7) is -0.795. The number of hydrogen-bond acceptors (Lipinski definition) is 4. The van der Waals surface area contributed by atoms with Gasteiger partial charge in [0.15, 0.2) is 0 Å². The molecule has 0 aromatic rings. The molecule has 4 nitrogen and oxygen atoms in total. The molecule has 0 aliphatic heterocycles. The predicted octanol–water partition coefficient (Wildman–Crippen LogP) is -0.917. The lowest BCUT2D eigenvalue weighted by Gasteiger charge is -2.46. The van der Waals surface area contributed by atoms with Gasteiger partial charge < -0.3 is 9.79 Å². The molecule has 0 saturated heterocycles. The summed E-state index contributed by atoms with van der Waals surface area (Å²) < 4.78 is 22.2. The molecule has 82 valence electrons. The molecule has 0 aromatic carbocycles. The van der Waals surface area contributed by atoms with Gasteiger partial charge in [-0.2, -0.15) is 0 Å². The molecule has 0 fully saturated rings. The van der Waals surface area contributed by atoms with Gasteiger partial charge in [0.05, 0.1) is 19.7 Å². The van der Waals surface area contributed by atoms with Crippen LogP contribution in [0.2, 0.25) is 0 Å². The van der Waals surface area contributed by atoms with Crippen LogP contribution in [-0.4, -0.2) is 26.6 Å². The molecule has 0 radical (unpaired) electrons. The molecule has 13 heavy (non-hydrogen) atoms. The minimum absolute atomic E-state index is 0.608. The molecular formula is C5H13O4PS3-2. The van der Waals surface area contributed by atoms with Crippen LogP contribution < -0.4 is 9.79 Å². The van der Waals surface area contributed by atoms with Crippen LogP contribution in [0.3, 0.4) is 0 Å². The molecule has 0 rings (SSSR count). The Morgan fingerprint density at radius 2 is 1.38 bits per heavy atom. The molecule has 0 aliphatic rings. The van der Waals surface area contributed by atoms with E-state index in [0.717, 1.165) is 0 Å². The van der Waals surface area contributed by atoms with E-state index in [1.165, 1.54) is 26.4 Å². The van der Waals surface area contributed by atoms with Crippen molar-refractivity contribution in [3.05, 3.63) is 0 Å². The lowest BCUT2D eigenvalue weighted by atomic mass is 10.6. The van der Waals surface area contributed by atoms with Crippen molar-refractivity contribution in [1.82, 2.24) is 0 Å². The smallest absolute Gasteiger partial charge is 0.0807 e. The van der Waals surface area contributed by atoms with Crippen LogP contribution in [0, 0.1) is 0 Å². The van der Waals surface area contributed by atoms with E-state index in [1.54, 1.807) is 0 Å². The molecule has 0 bridgehead atoms. The summed E-state index contributed by atoms with van der Waals surface area (Å²) in [6, 6.07) is 0. The second-order valence-electron chi connectivity index (χ2n) is 2.65. The Labute approximate surface area is 84.6 Å². The average molecular weight is 264 g/mol. The highest BCUT2D eigenvalue weighted by molar-refractivity contribution is 9.04. The minimum Gasteiger partial charge on any atom is -0.835 e. The minimum atomic E-state index is -3.81. The third-order valence-electron chi connectivity index (χ3n) is 1.24. The van der Waals surface area contributed by atoms with Crippen LogP contribution in [0.15, 0.2) is 0 Å². The summed E-state index contributed by atoms with van der Waals surface area (Å²) in [6.07, 6.45) is 2.55. The third-order valence-corrected chi connectivity index (χ3v) is 19.6. The molecule has 0 N–H and O–H groups in total. The van der Waals surface area contributed by atoms with Crippen LogP contribution in [0.4, 0.5) is 0 Å². The van der Waals surface area contributed by atoms with Crippen LogP contribution in [0.5, 0.6) is 0 Å². The average Bonchev–Trinajstić information content (AvgIpc) is 1.82. The maximum absolute atomic E-state index is 11.6. The first-order chi connectivity index (χ1) is 5.71. The van der Waals surface area contributed by atoms with Gasteiger partial charge in [-0.05, 0) is 13.8 Å². The monoisotopic (exact) mass is 264 g/mol. The molecule has 0 heterocycles.